The lowest BCUT2D eigenvalue weighted by atomic mass is 10.1. The van der Waals surface area contributed by atoms with Crippen LogP contribution in [0.3, 0.4) is 0 Å². The number of para-hydroxylation sites is 1. The zero-order chi connectivity index (χ0) is 23.1. The summed E-state index contributed by atoms with van der Waals surface area (Å²) in [6, 6.07) is 17.8. The Morgan fingerprint density at radius 3 is 2.22 bits per heavy atom. The molecule has 1 amide bonds. The fourth-order valence-corrected chi connectivity index (χ4v) is 5.67. The van der Waals surface area contributed by atoms with E-state index in [0.29, 0.717) is 31.7 Å². The van der Waals surface area contributed by atoms with Gasteiger partial charge in [-0.15, -0.1) is 11.3 Å². The highest BCUT2D eigenvalue weighted by Crippen LogP contribution is 2.24. The molecule has 0 spiro atoms. The van der Waals surface area contributed by atoms with Gasteiger partial charge in [-0.3, -0.25) is 4.79 Å². The van der Waals surface area contributed by atoms with Crippen LogP contribution in [-0.2, 0) is 23.1 Å². The van der Waals surface area contributed by atoms with Crippen LogP contribution in [0, 0.1) is 0 Å². The van der Waals surface area contributed by atoms with Crippen LogP contribution in [0.1, 0.15) is 34.6 Å². The number of hydrogen-bond acceptors (Lipinski definition) is 5. The number of rotatable bonds is 10. The number of nitrogens with zero attached hydrogens (tertiary/aromatic N) is 2. The van der Waals surface area contributed by atoms with E-state index in [4.69, 9.17) is 4.74 Å². The first-order chi connectivity index (χ1) is 15.4. The van der Waals surface area contributed by atoms with E-state index in [0.717, 1.165) is 16.2 Å². The Balaban J connectivity index is 1.89. The summed E-state index contributed by atoms with van der Waals surface area (Å²) in [4.78, 5) is 16.4. The van der Waals surface area contributed by atoms with Gasteiger partial charge in [-0.2, -0.15) is 4.31 Å². The monoisotopic (exact) mass is 472 g/mol. The van der Waals surface area contributed by atoms with Crippen LogP contribution in [0.5, 0.6) is 5.75 Å². The Bertz CT molecular complexity index is 1120. The topological polar surface area (TPSA) is 66.9 Å². The second-order valence-electron chi connectivity index (χ2n) is 7.17. The summed E-state index contributed by atoms with van der Waals surface area (Å²) >= 11 is 1.59. The SMILES string of the molecule is CCN(CC)S(=O)(=O)c1ccc(C(=O)N(Cc2cccs2)Cc2ccccc2OC)cc1. The molecular weight excluding hydrogens is 444 g/mol. The van der Waals surface area contributed by atoms with Crippen molar-refractivity contribution in [2.24, 2.45) is 0 Å². The molecule has 0 atom stereocenters. The molecule has 0 fully saturated rings. The van der Waals surface area contributed by atoms with Gasteiger partial charge in [0.25, 0.3) is 5.91 Å². The minimum absolute atomic E-state index is 0.170. The van der Waals surface area contributed by atoms with Gasteiger partial charge in [-0.1, -0.05) is 38.1 Å². The fourth-order valence-electron chi connectivity index (χ4n) is 3.49. The third-order valence-corrected chi connectivity index (χ3v) is 8.14. The fraction of sp³-hybridized carbons (Fsp3) is 0.292. The van der Waals surface area contributed by atoms with Crippen molar-refractivity contribution >= 4 is 27.3 Å². The number of amides is 1. The van der Waals surface area contributed by atoms with Crippen LogP contribution in [0.4, 0.5) is 0 Å². The number of thiophene rings is 1. The normalized spacial score (nSPS) is 11.5. The zero-order valence-corrected chi connectivity index (χ0v) is 20.2. The van der Waals surface area contributed by atoms with Gasteiger partial charge in [0.1, 0.15) is 5.75 Å². The number of carbonyl (C=O) groups excluding carboxylic acids is 1. The molecule has 0 aliphatic heterocycles. The molecule has 0 radical (unpaired) electrons. The number of sulfonamides is 1. The van der Waals surface area contributed by atoms with Crippen molar-refractivity contribution in [3.63, 3.8) is 0 Å². The number of benzene rings is 2. The highest BCUT2D eigenvalue weighted by Gasteiger charge is 2.23. The molecule has 6 nitrogen and oxygen atoms in total. The van der Waals surface area contributed by atoms with Gasteiger partial charge >= 0.3 is 0 Å². The lowest BCUT2D eigenvalue weighted by molar-refractivity contribution is 0.0730. The molecule has 0 bridgehead atoms. The Morgan fingerprint density at radius 2 is 1.62 bits per heavy atom. The molecule has 0 saturated heterocycles. The second kappa shape index (κ2) is 10.8. The number of carbonyl (C=O) groups is 1. The van der Waals surface area contributed by atoms with E-state index in [1.165, 1.54) is 16.4 Å². The molecule has 0 aliphatic rings. The molecule has 0 N–H and O–H groups in total. The molecule has 1 heterocycles. The first-order valence-electron chi connectivity index (χ1n) is 10.4. The van der Waals surface area contributed by atoms with Gasteiger partial charge in [-0.25, -0.2) is 8.42 Å². The number of methoxy groups -OCH3 is 1. The minimum Gasteiger partial charge on any atom is -0.496 e. The summed E-state index contributed by atoms with van der Waals surface area (Å²) in [5, 5.41) is 1.98. The molecule has 3 rings (SSSR count). The molecule has 32 heavy (non-hydrogen) atoms. The number of hydrogen-bond donors (Lipinski definition) is 0. The van der Waals surface area contributed by atoms with E-state index >= 15 is 0 Å². The Kier molecular flexibility index (Phi) is 8.06. The third kappa shape index (κ3) is 5.38. The van der Waals surface area contributed by atoms with Crippen LogP contribution < -0.4 is 4.74 Å². The largest absolute Gasteiger partial charge is 0.496 e. The van der Waals surface area contributed by atoms with Gasteiger partial charge in [0.15, 0.2) is 0 Å². The predicted molar refractivity (Wildman–Crippen MR) is 127 cm³/mol. The Morgan fingerprint density at radius 1 is 0.938 bits per heavy atom. The zero-order valence-electron chi connectivity index (χ0n) is 18.5. The van der Waals surface area contributed by atoms with Gasteiger partial charge in [0.2, 0.25) is 10.0 Å². The van der Waals surface area contributed by atoms with Crippen molar-refractivity contribution in [3.05, 3.63) is 82.0 Å². The molecule has 2 aromatic carbocycles. The van der Waals surface area contributed by atoms with Crippen LogP contribution in [0.15, 0.2) is 70.9 Å². The van der Waals surface area contributed by atoms with E-state index in [1.54, 1.807) is 49.3 Å². The highest BCUT2D eigenvalue weighted by atomic mass is 32.2. The first kappa shape index (κ1) is 24.0. The van der Waals surface area contributed by atoms with E-state index < -0.39 is 10.0 Å². The lowest BCUT2D eigenvalue weighted by Gasteiger charge is -2.24. The van der Waals surface area contributed by atoms with Gasteiger partial charge in [0.05, 0.1) is 25.1 Å². The molecule has 0 aliphatic carbocycles. The van der Waals surface area contributed by atoms with E-state index in [-0.39, 0.29) is 10.8 Å². The van der Waals surface area contributed by atoms with E-state index in [9.17, 15) is 13.2 Å². The lowest BCUT2D eigenvalue weighted by Crippen LogP contribution is -2.31. The van der Waals surface area contributed by atoms with Gasteiger partial charge in [-0.05, 0) is 41.8 Å². The van der Waals surface area contributed by atoms with Crippen molar-refractivity contribution in [2.45, 2.75) is 31.8 Å². The van der Waals surface area contributed by atoms with E-state index in [2.05, 4.69) is 0 Å². The summed E-state index contributed by atoms with van der Waals surface area (Å²) in [6.45, 7) is 5.23. The first-order valence-corrected chi connectivity index (χ1v) is 12.8. The Hall–Kier alpha value is -2.68. The molecule has 8 heteroatoms. The summed E-state index contributed by atoms with van der Waals surface area (Å²) in [6.07, 6.45) is 0. The van der Waals surface area contributed by atoms with E-state index in [1.807, 2.05) is 41.8 Å². The maximum Gasteiger partial charge on any atom is 0.254 e. The average molecular weight is 473 g/mol. The van der Waals surface area contributed by atoms with Gasteiger partial charge in [0, 0.05) is 29.1 Å². The standard InChI is InChI=1S/C24H28N2O4S2/c1-4-26(5-2)32(28,29)22-14-12-19(13-15-22)24(27)25(18-21-10-8-16-31-21)17-20-9-6-7-11-23(20)30-3/h6-16H,4-5,17-18H2,1-3H3. The molecule has 0 unspecified atom stereocenters. The van der Waals surface area contributed by atoms with Crippen molar-refractivity contribution < 1.29 is 17.9 Å². The van der Waals surface area contributed by atoms with Crippen LogP contribution in [0.25, 0.3) is 0 Å². The number of ether oxygens (including phenoxy) is 1. The molecule has 170 valence electrons. The summed E-state index contributed by atoms with van der Waals surface area (Å²) in [7, 11) is -1.96. The smallest absolute Gasteiger partial charge is 0.254 e. The molecular formula is C24H28N2O4S2. The quantitative estimate of drug-likeness (QED) is 0.432. The molecule has 0 saturated carbocycles. The third-order valence-electron chi connectivity index (χ3n) is 5.21. The average Bonchev–Trinajstić information content (AvgIpc) is 3.32. The second-order valence-corrected chi connectivity index (χ2v) is 10.1. The maximum atomic E-state index is 13.4. The van der Waals surface area contributed by atoms with Crippen molar-refractivity contribution in [1.82, 2.24) is 9.21 Å². The molecule has 3 aromatic rings. The Labute approximate surface area is 194 Å². The summed E-state index contributed by atoms with van der Waals surface area (Å²) in [5.41, 5.74) is 1.34. The van der Waals surface area contributed by atoms with Crippen LogP contribution in [-0.4, -0.2) is 43.7 Å². The molecule has 1 aromatic heterocycles. The van der Waals surface area contributed by atoms with Crippen molar-refractivity contribution in [2.75, 3.05) is 20.2 Å². The predicted octanol–water partition coefficient (Wildman–Crippen LogP) is 4.63. The minimum atomic E-state index is -3.57. The highest BCUT2D eigenvalue weighted by molar-refractivity contribution is 7.89. The van der Waals surface area contributed by atoms with Crippen molar-refractivity contribution in [3.8, 4) is 5.75 Å². The van der Waals surface area contributed by atoms with Crippen LogP contribution in [0.2, 0.25) is 0 Å². The maximum absolute atomic E-state index is 13.4. The summed E-state index contributed by atoms with van der Waals surface area (Å²) in [5.74, 6) is 0.549. The van der Waals surface area contributed by atoms with Crippen LogP contribution >= 0.6 is 11.3 Å². The summed E-state index contributed by atoms with van der Waals surface area (Å²) < 4.78 is 32.4. The van der Waals surface area contributed by atoms with Crippen molar-refractivity contribution in [1.29, 1.82) is 0 Å². The van der Waals surface area contributed by atoms with Gasteiger partial charge < -0.3 is 9.64 Å².